The van der Waals surface area contributed by atoms with E-state index < -0.39 is 0 Å². The van der Waals surface area contributed by atoms with Crippen LogP contribution in [0.1, 0.15) is 11.1 Å². The SMILES string of the molecule is CN=C(c1cn[nH]c1)c1c(-c2ccccc2OC)c[nH]c1NC. The van der Waals surface area contributed by atoms with Gasteiger partial charge in [-0.2, -0.15) is 5.10 Å². The highest BCUT2D eigenvalue weighted by atomic mass is 16.5. The minimum Gasteiger partial charge on any atom is -0.496 e. The molecule has 6 nitrogen and oxygen atoms in total. The molecule has 0 amide bonds. The first-order valence-electron chi connectivity index (χ1n) is 7.29. The normalized spacial score (nSPS) is 11.5. The molecule has 0 spiro atoms. The molecule has 2 aromatic heterocycles. The van der Waals surface area contributed by atoms with Crippen LogP contribution in [0, 0.1) is 0 Å². The van der Waals surface area contributed by atoms with Gasteiger partial charge in [0.25, 0.3) is 0 Å². The summed E-state index contributed by atoms with van der Waals surface area (Å²) < 4.78 is 5.51. The van der Waals surface area contributed by atoms with Gasteiger partial charge in [-0.25, -0.2) is 0 Å². The highest BCUT2D eigenvalue weighted by Gasteiger charge is 2.21. The number of rotatable bonds is 5. The predicted molar refractivity (Wildman–Crippen MR) is 92.5 cm³/mol. The maximum Gasteiger partial charge on any atom is 0.126 e. The Bertz CT molecular complexity index is 817. The van der Waals surface area contributed by atoms with Gasteiger partial charge in [0.15, 0.2) is 0 Å². The zero-order valence-electron chi connectivity index (χ0n) is 13.3. The summed E-state index contributed by atoms with van der Waals surface area (Å²) in [4.78, 5) is 7.75. The topological polar surface area (TPSA) is 78.1 Å². The second-order valence-electron chi connectivity index (χ2n) is 4.96. The number of aromatic nitrogens is 3. The molecule has 0 unspecified atom stereocenters. The second-order valence-corrected chi connectivity index (χ2v) is 4.96. The first-order valence-corrected chi connectivity index (χ1v) is 7.29. The van der Waals surface area contributed by atoms with Gasteiger partial charge >= 0.3 is 0 Å². The van der Waals surface area contributed by atoms with E-state index in [1.807, 2.05) is 43.7 Å². The molecule has 3 N–H and O–H groups in total. The maximum atomic E-state index is 5.51. The number of aliphatic imine (C=N–C) groups is 1. The Morgan fingerprint density at radius 2 is 2.04 bits per heavy atom. The lowest BCUT2D eigenvalue weighted by Crippen LogP contribution is -2.06. The Labute approximate surface area is 134 Å². The van der Waals surface area contributed by atoms with Gasteiger partial charge in [0.05, 0.1) is 24.6 Å². The summed E-state index contributed by atoms with van der Waals surface area (Å²) in [6.45, 7) is 0. The van der Waals surface area contributed by atoms with Crippen molar-refractivity contribution >= 4 is 11.5 Å². The molecule has 1 aromatic carbocycles. The zero-order valence-corrected chi connectivity index (χ0v) is 13.3. The smallest absolute Gasteiger partial charge is 0.126 e. The number of H-pyrrole nitrogens is 2. The van der Waals surface area contributed by atoms with E-state index in [1.54, 1.807) is 20.4 Å². The number of benzene rings is 1. The Morgan fingerprint density at radius 1 is 1.22 bits per heavy atom. The average Bonchev–Trinajstić information content (AvgIpc) is 3.26. The molecule has 0 aliphatic rings. The number of hydrogen-bond donors (Lipinski definition) is 3. The third-order valence-corrected chi connectivity index (χ3v) is 3.76. The molecule has 3 rings (SSSR count). The van der Waals surface area contributed by atoms with Crippen molar-refractivity contribution in [3.63, 3.8) is 0 Å². The lowest BCUT2D eigenvalue weighted by Gasteiger charge is -2.12. The molecule has 0 bridgehead atoms. The van der Waals surface area contributed by atoms with Crippen LogP contribution in [0.5, 0.6) is 5.75 Å². The molecule has 23 heavy (non-hydrogen) atoms. The summed E-state index contributed by atoms with van der Waals surface area (Å²) in [5.41, 5.74) is 4.80. The number of anilines is 1. The number of methoxy groups -OCH3 is 1. The third kappa shape index (κ3) is 2.59. The van der Waals surface area contributed by atoms with E-state index >= 15 is 0 Å². The molecule has 0 saturated heterocycles. The second kappa shape index (κ2) is 6.39. The largest absolute Gasteiger partial charge is 0.496 e. The van der Waals surface area contributed by atoms with Crippen molar-refractivity contribution in [2.24, 2.45) is 4.99 Å². The van der Waals surface area contributed by atoms with E-state index in [9.17, 15) is 0 Å². The van der Waals surface area contributed by atoms with Crippen LogP contribution in [0.3, 0.4) is 0 Å². The van der Waals surface area contributed by atoms with Crippen LogP contribution in [0.4, 0.5) is 5.82 Å². The van der Waals surface area contributed by atoms with Gasteiger partial charge in [-0.1, -0.05) is 18.2 Å². The minimum absolute atomic E-state index is 0.818. The molecule has 3 aromatic rings. The summed E-state index contributed by atoms with van der Waals surface area (Å²) in [6.07, 6.45) is 5.56. The summed E-state index contributed by atoms with van der Waals surface area (Å²) in [7, 11) is 5.33. The van der Waals surface area contributed by atoms with Crippen molar-refractivity contribution in [2.75, 3.05) is 26.5 Å². The minimum atomic E-state index is 0.818. The van der Waals surface area contributed by atoms with Crippen molar-refractivity contribution < 1.29 is 4.74 Å². The Kier molecular flexibility index (Phi) is 4.14. The number of para-hydroxylation sites is 1. The molecule has 0 aliphatic carbocycles. The molecule has 2 heterocycles. The van der Waals surface area contributed by atoms with Crippen LogP contribution in [0.25, 0.3) is 11.1 Å². The van der Waals surface area contributed by atoms with Crippen LogP contribution in [-0.2, 0) is 0 Å². The molecule has 0 saturated carbocycles. The first kappa shape index (κ1) is 14.9. The van der Waals surface area contributed by atoms with Crippen molar-refractivity contribution in [2.45, 2.75) is 0 Å². The Morgan fingerprint density at radius 3 is 2.70 bits per heavy atom. The van der Waals surface area contributed by atoms with E-state index in [0.717, 1.165) is 39.5 Å². The standard InChI is InChI=1S/C17H19N5O/c1-18-16(11-8-21-22-9-11)15-13(10-20-17(15)19-2)12-6-4-5-7-14(12)23-3/h4-10,19-20H,1-3H3,(H,21,22). The summed E-state index contributed by atoms with van der Waals surface area (Å²) >= 11 is 0. The Hall–Kier alpha value is -3.02. The van der Waals surface area contributed by atoms with Crippen LogP contribution in [-0.4, -0.2) is 42.1 Å². The van der Waals surface area contributed by atoms with E-state index in [4.69, 9.17) is 4.74 Å². The van der Waals surface area contributed by atoms with Crippen LogP contribution < -0.4 is 10.1 Å². The van der Waals surface area contributed by atoms with Crippen molar-refractivity contribution in [3.05, 3.63) is 54.0 Å². The van der Waals surface area contributed by atoms with Crippen molar-refractivity contribution in [1.29, 1.82) is 0 Å². The number of ether oxygens (including phenoxy) is 1. The van der Waals surface area contributed by atoms with Crippen LogP contribution in [0.15, 0.2) is 47.8 Å². The van der Waals surface area contributed by atoms with Crippen molar-refractivity contribution in [3.8, 4) is 16.9 Å². The molecular weight excluding hydrogens is 290 g/mol. The molecular formula is C17H19N5O. The molecule has 0 aliphatic heterocycles. The van der Waals surface area contributed by atoms with Crippen LogP contribution in [0.2, 0.25) is 0 Å². The average molecular weight is 309 g/mol. The Balaban J connectivity index is 2.23. The van der Waals surface area contributed by atoms with Gasteiger partial charge in [0.2, 0.25) is 0 Å². The van der Waals surface area contributed by atoms with Crippen molar-refractivity contribution in [1.82, 2.24) is 15.2 Å². The van der Waals surface area contributed by atoms with Gasteiger partial charge in [-0.15, -0.1) is 0 Å². The lowest BCUT2D eigenvalue weighted by molar-refractivity contribution is 0.416. The maximum absolute atomic E-state index is 5.51. The molecule has 0 fully saturated rings. The summed E-state index contributed by atoms with van der Waals surface area (Å²) in [5, 5.41) is 10.1. The molecule has 0 radical (unpaired) electrons. The number of aromatic amines is 2. The van der Waals surface area contributed by atoms with E-state index in [1.165, 1.54) is 0 Å². The zero-order chi connectivity index (χ0) is 16.2. The molecule has 118 valence electrons. The quantitative estimate of drug-likeness (QED) is 0.634. The summed E-state index contributed by atoms with van der Waals surface area (Å²) in [6, 6.07) is 7.94. The van der Waals surface area contributed by atoms with Gasteiger partial charge in [0.1, 0.15) is 11.6 Å². The fourth-order valence-corrected chi connectivity index (χ4v) is 2.71. The van der Waals surface area contributed by atoms with Crippen LogP contribution >= 0.6 is 0 Å². The number of hydrogen-bond acceptors (Lipinski definition) is 4. The summed E-state index contributed by atoms with van der Waals surface area (Å²) in [5.74, 6) is 1.71. The van der Waals surface area contributed by atoms with E-state index in [-0.39, 0.29) is 0 Å². The fourth-order valence-electron chi connectivity index (χ4n) is 2.71. The highest BCUT2D eigenvalue weighted by molar-refractivity contribution is 6.19. The molecule has 6 heteroatoms. The highest BCUT2D eigenvalue weighted by Crippen LogP contribution is 2.36. The number of nitrogens with one attached hydrogen (secondary N) is 3. The fraction of sp³-hybridized carbons (Fsp3) is 0.176. The van der Waals surface area contributed by atoms with Gasteiger partial charge in [0, 0.05) is 43.2 Å². The monoisotopic (exact) mass is 309 g/mol. The van der Waals surface area contributed by atoms with E-state index in [2.05, 4.69) is 25.5 Å². The first-order chi connectivity index (χ1) is 11.3. The number of nitrogens with zero attached hydrogens (tertiary/aromatic N) is 2. The lowest BCUT2D eigenvalue weighted by atomic mass is 9.97. The van der Waals surface area contributed by atoms with Gasteiger partial charge in [-0.3, -0.25) is 10.1 Å². The van der Waals surface area contributed by atoms with Gasteiger partial charge in [-0.05, 0) is 6.07 Å². The predicted octanol–water partition coefficient (Wildman–Crippen LogP) is 2.92. The third-order valence-electron chi connectivity index (χ3n) is 3.76. The van der Waals surface area contributed by atoms with Gasteiger partial charge < -0.3 is 15.0 Å². The van der Waals surface area contributed by atoms with E-state index in [0.29, 0.717) is 0 Å². The molecule has 0 atom stereocenters.